The van der Waals surface area contributed by atoms with Gasteiger partial charge in [0.15, 0.2) is 0 Å². The molecule has 2 rings (SSSR count). The fourth-order valence-electron chi connectivity index (χ4n) is 1.44. The minimum Gasteiger partial charge on any atom is -0.379 e. The van der Waals surface area contributed by atoms with E-state index in [-0.39, 0.29) is 15.7 Å². The molecule has 0 aliphatic carbocycles. The van der Waals surface area contributed by atoms with Gasteiger partial charge in [-0.2, -0.15) is 8.42 Å². The third-order valence-electron chi connectivity index (χ3n) is 2.35. The van der Waals surface area contributed by atoms with E-state index in [1.165, 1.54) is 12.1 Å². The smallest absolute Gasteiger partial charge is 0.339 e. The third kappa shape index (κ3) is 3.06. The van der Waals surface area contributed by atoms with Crippen LogP contribution in [-0.2, 0) is 10.1 Å². The predicted molar refractivity (Wildman–Crippen MR) is 72.4 cm³/mol. The second-order valence-electron chi connectivity index (χ2n) is 3.72. The molecule has 0 N–H and O–H groups in total. The number of benzene rings is 2. The Kier molecular flexibility index (Phi) is 3.91. The van der Waals surface area contributed by atoms with Crippen LogP contribution in [0.25, 0.3) is 0 Å². The lowest BCUT2D eigenvalue weighted by Gasteiger charge is -2.07. The Morgan fingerprint density at radius 2 is 1.75 bits per heavy atom. The van der Waals surface area contributed by atoms with Gasteiger partial charge in [-0.25, -0.2) is 0 Å². The van der Waals surface area contributed by atoms with Crippen LogP contribution >= 0.6 is 11.6 Å². The van der Waals surface area contributed by atoms with Crippen molar-refractivity contribution in [3.8, 4) is 5.75 Å². The second-order valence-corrected chi connectivity index (χ2v) is 5.67. The van der Waals surface area contributed by atoms with E-state index in [0.29, 0.717) is 0 Å². The van der Waals surface area contributed by atoms with Gasteiger partial charge in [-0.1, -0.05) is 29.8 Å². The number of hydrogen-bond acceptors (Lipinski definition) is 5. The molecular weight excluding hydrogens is 306 g/mol. The van der Waals surface area contributed by atoms with Gasteiger partial charge in [0, 0.05) is 6.07 Å². The van der Waals surface area contributed by atoms with Crippen molar-refractivity contribution >= 4 is 27.4 Å². The zero-order chi connectivity index (χ0) is 14.8. The molecule has 2 aromatic rings. The molecule has 0 fully saturated rings. The molecule has 0 unspecified atom stereocenters. The summed E-state index contributed by atoms with van der Waals surface area (Å²) in [6.07, 6.45) is 0. The van der Waals surface area contributed by atoms with E-state index in [9.17, 15) is 18.5 Å². The van der Waals surface area contributed by atoms with Gasteiger partial charge in [-0.15, -0.1) is 0 Å². The van der Waals surface area contributed by atoms with E-state index in [2.05, 4.69) is 0 Å². The van der Waals surface area contributed by atoms with Crippen LogP contribution in [-0.4, -0.2) is 13.3 Å². The SMILES string of the molecule is O=[N+]([O-])c1cc(S(=O)(=O)Oc2ccccc2)ccc1Cl. The van der Waals surface area contributed by atoms with Crippen molar-refractivity contribution in [3.63, 3.8) is 0 Å². The number of halogens is 1. The zero-order valence-electron chi connectivity index (χ0n) is 9.89. The quantitative estimate of drug-likeness (QED) is 0.492. The normalized spacial score (nSPS) is 11.1. The van der Waals surface area contributed by atoms with Gasteiger partial charge >= 0.3 is 10.1 Å². The summed E-state index contributed by atoms with van der Waals surface area (Å²) in [5.74, 6) is 0.116. The number of hydrogen-bond donors (Lipinski definition) is 0. The van der Waals surface area contributed by atoms with Crippen molar-refractivity contribution < 1.29 is 17.5 Å². The summed E-state index contributed by atoms with van der Waals surface area (Å²) in [7, 11) is -4.15. The Morgan fingerprint density at radius 3 is 2.35 bits per heavy atom. The molecule has 0 aliphatic heterocycles. The van der Waals surface area contributed by atoms with Crippen molar-refractivity contribution in [2.45, 2.75) is 4.90 Å². The summed E-state index contributed by atoms with van der Waals surface area (Å²) in [6.45, 7) is 0. The van der Waals surface area contributed by atoms with Gasteiger partial charge in [0.2, 0.25) is 0 Å². The molecule has 0 atom stereocenters. The molecule has 0 bridgehead atoms. The number of nitrogens with zero attached hydrogens (tertiary/aromatic N) is 1. The van der Waals surface area contributed by atoms with Crippen molar-refractivity contribution in [1.29, 1.82) is 0 Å². The molecule has 0 aliphatic rings. The lowest BCUT2D eigenvalue weighted by atomic mass is 10.3. The van der Waals surface area contributed by atoms with E-state index in [0.717, 1.165) is 18.2 Å². The fraction of sp³-hybridized carbons (Fsp3) is 0. The Morgan fingerprint density at radius 1 is 1.10 bits per heavy atom. The molecule has 6 nitrogen and oxygen atoms in total. The fourth-order valence-corrected chi connectivity index (χ4v) is 2.58. The van der Waals surface area contributed by atoms with Gasteiger partial charge < -0.3 is 4.18 Å². The lowest BCUT2D eigenvalue weighted by molar-refractivity contribution is -0.384. The number of para-hydroxylation sites is 1. The topological polar surface area (TPSA) is 86.5 Å². The lowest BCUT2D eigenvalue weighted by Crippen LogP contribution is -2.10. The van der Waals surface area contributed by atoms with Crippen LogP contribution < -0.4 is 4.18 Å². The van der Waals surface area contributed by atoms with Crippen molar-refractivity contribution in [2.75, 3.05) is 0 Å². The van der Waals surface area contributed by atoms with E-state index >= 15 is 0 Å². The Balaban J connectivity index is 2.40. The van der Waals surface area contributed by atoms with Gasteiger partial charge in [-0.05, 0) is 24.3 Å². The standard InChI is InChI=1S/C12H8ClNO5S/c13-11-7-6-10(8-12(11)14(15)16)20(17,18)19-9-4-2-1-3-5-9/h1-8H. The molecule has 0 heterocycles. The summed E-state index contributed by atoms with van der Waals surface area (Å²) in [5.41, 5.74) is -0.496. The summed E-state index contributed by atoms with van der Waals surface area (Å²) < 4.78 is 28.9. The molecule has 0 saturated carbocycles. The first-order valence-electron chi connectivity index (χ1n) is 5.33. The highest BCUT2D eigenvalue weighted by atomic mass is 35.5. The van der Waals surface area contributed by atoms with Crippen LogP contribution in [0.4, 0.5) is 5.69 Å². The van der Waals surface area contributed by atoms with E-state index in [1.54, 1.807) is 18.2 Å². The summed E-state index contributed by atoms with van der Waals surface area (Å²) in [4.78, 5) is 9.65. The van der Waals surface area contributed by atoms with Crippen LogP contribution in [0.3, 0.4) is 0 Å². The van der Waals surface area contributed by atoms with Crippen molar-refractivity contribution in [2.24, 2.45) is 0 Å². The van der Waals surface area contributed by atoms with E-state index in [1.807, 2.05) is 0 Å². The number of nitro benzene ring substituents is 1. The van der Waals surface area contributed by atoms with E-state index in [4.69, 9.17) is 15.8 Å². The molecule has 0 spiro atoms. The monoisotopic (exact) mass is 313 g/mol. The predicted octanol–water partition coefficient (Wildman–Crippen LogP) is 3.02. The van der Waals surface area contributed by atoms with E-state index < -0.39 is 20.7 Å². The van der Waals surface area contributed by atoms with Crippen LogP contribution in [0.5, 0.6) is 5.75 Å². The molecule has 0 saturated heterocycles. The van der Waals surface area contributed by atoms with Gasteiger partial charge in [0.05, 0.1) is 4.92 Å². The number of nitro groups is 1. The highest BCUT2D eigenvalue weighted by Crippen LogP contribution is 2.28. The first-order valence-corrected chi connectivity index (χ1v) is 7.12. The molecule has 2 aromatic carbocycles. The summed E-state index contributed by atoms with van der Waals surface area (Å²) in [6, 6.07) is 11.0. The number of rotatable bonds is 4. The Hall–Kier alpha value is -2.12. The van der Waals surface area contributed by atoms with Crippen LogP contribution in [0, 0.1) is 10.1 Å². The summed E-state index contributed by atoms with van der Waals surface area (Å²) >= 11 is 5.62. The molecule has 20 heavy (non-hydrogen) atoms. The minimum absolute atomic E-state index is 0.116. The van der Waals surface area contributed by atoms with Crippen LogP contribution in [0.2, 0.25) is 5.02 Å². The average molecular weight is 314 g/mol. The average Bonchev–Trinajstić information content (AvgIpc) is 2.39. The van der Waals surface area contributed by atoms with Gasteiger partial charge in [0.25, 0.3) is 5.69 Å². The second kappa shape index (κ2) is 5.48. The van der Waals surface area contributed by atoms with Crippen LogP contribution in [0.15, 0.2) is 53.4 Å². The molecule has 104 valence electrons. The molecule has 8 heteroatoms. The Labute approximate surface area is 119 Å². The van der Waals surface area contributed by atoms with Gasteiger partial charge in [-0.3, -0.25) is 10.1 Å². The largest absolute Gasteiger partial charge is 0.379 e. The Bertz CT molecular complexity index is 746. The third-order valence-corrected chi connectivity index (χ3v) is 3.91. The molecule has 0 radical (unpaired) electrons. The molecule has 0 aromatic heterocycles. The van der Waals surface area contributed by atoms with Crippen molar-refractivity contribution in [1.82, 2.24) is 0 Å². The zero-order valence-corrected chi connectivity index (χ0v) is 11.5. The highest BCUT2D eigenvalue weighted by Gasteiger charge is 2.22. The maximum Gasteiger partial charge on any atom is 0.339 e. The first kappa shape index (κ1) is 14.3. The minimum atomic E-state index is -4.15. The molecule has 0 amide bonds. The first-order chi connectivity index (χ1) is 9.40. The maximum atomic E-state index is 12.0. The van der Waals surface area contributed by atoms with Crippen LogP contribution in [0.1, 0.15) is 0 Å². The maximum absolute atomic E-state index is 12.0. The highest BCUT2D eigenvalue weighted by molar-refractivity contribution is 7.87. The van der Waals surface area contributed by atoms with Gasteiger partial charge in [0.1, 0.15) is 15.7 Å². The summed E-state index contributed by atoms with van der Waals surface area (Å²) in [5, 5.41) is 10.6. The molecular formula is C12H8ClNO5S. The van der Waals surface area contributed by atoms with Crippen molar-refractivity contribution in [3.05, 3.63) is 63.7 Å².